The Hall–Kier alpha value is -3.78. The topological polar surface area (TPSA) is 97.7 Å². The van der Waals surface area contributed by atoms with Gasteiger partial charge in [0.15, 0.2) is 0 Å². The SMILES string of the molecule is COc1ccc([C@H]2c3sc(=O)n(CC(=O)Nc4ccc(Cl)c(Cl)c4)c3SC3C(=O)N(c4cccc(C(F)(F)F)c4)C(=O)C32)cc1. The van der Waals surface area contributed by atoms with Crippen LogP contribution < -0.4 is 19.8 Å². The summed E-state index contributed by atoms with van der Waals surface area (Å²) in [6, 6.07) is 15.3. The summed E-state index contributed by atoms with van der Waals surface area (Å²) < 4.78 is 47.0. The first kappa shape index (κ1) is 31.2. The number of rotatable bonds is 6. The zero-order valence-electron chi connectivity index (χ0n) is 22.9. The highest BCUT2D eigenvalue weighted by Crippen LogP contribution is 2.54. The largest absolute Gasteiger partial charge is 0.497 e. The molecule has 1 fully saturated rings. The van der Waals surface area contributed by atoms with E-state index in [1.807, 2.05) is 0 Å². The molecule has 2 aliphatic rings. The highest BCUT2D eigenvalue weighted by molar-refractivity contribution is 8.00. The van der Waals surface area contributed by atoms with Crippen LogP contribution in [-0.4, -0.2) is 34.6 Å². The molecule has 3 atom stereocenters. The van der Waals surface area contributed by atoms with Gasteiger partial charge in [0.05, 0.1) is 39.3 Å². The van der Waals surface area contributed by atoms with Crippen molar-refractivity contribution in [1.82, 2.24) is 4.57 Å². The van der Waals surface area contributed by atoms with Crippen LogP contribution in [0, 0.1) is 5.92 Å². The second-order valence-electron chi connectivity index (χ2n) is 10.2. The highest BCUT2D eigenvalue weighted by Gasteiger charge is 2.57. The maximum absolute atomic E-state index is 14.0. The number of anilines is 2. The van der Waals surface area contributed by atoms with Crippen LogP contribution in [0.5, 0.6) is 5.75 Å². The molecule has 3 aromatic carbocycles. The molecule has 232 valence electrons. The Balaban J connectivity index is 1.40. The number of halogens is 5. The van der Waals surface area contributed by atoms with Crippen LogP contribution in [0.1, 0.15) is 21.9 Å². The highest BCUT2D eigenvalue weighted by atomic mass is 35.5. The molecular formula is C30H20Cl2F3N3O5S2. The third-order valence-corrected chi connectivity index (χ3v) is 10.8. The number of methoxy groups -OCH3 is 1. The van der Waals surface area contributed by atoms with E-state index in [2.05, 4.69) is 5.32 Å². The Labute approximate surface area is 271 Å². The molecule has 15 heteroatoms. The number of amides is 3. The lowest BCUT2D eigenvalue weighted by Crippen LogP contribution is -2.33. The monoisotopic (exact) mass is 693 g/mol. The second kappa shape index (κ2) is 11.9. The minimum Gasteiger partial charge on any atom is -0.497 e. The number of thioether (sulfide) groups is 1. The normalized spacial score (nSPS) is 19.3. The minimum absolute atomic E-state index is 0.204. The maximum atomic E-state index is 14.0. The summed E-state index contributed by atoms with van der Waals surface area (Å²) in [7, 11) is 1.49. The number of ether oxygens (including phenoxy) is 1. The number of aromatic nitrogens is 1. The molecular weight excluding hydrogens is 674 g/mol. The fraction of sp³-hybridized carbons (Fsp3) is 0.200. The first-order chi connectivity index (χ1) is 21.4. The average molecular weight is 695 g/mol. The van der Waals surface area contributed by atoms with Gasteiger partial charge in [-0.05, 0) is 54.1 Å². The van der Waals surface area contributed by atoms with Crippen LogP contribution in [0.25, 0.3) is 0 Å². The van der Waals surface area contributed by atoms with Crippen molar-refractivity contribution >= 4 is 75.4 Å². The molecule has 3 heterocycles. The summed E-state index contributed by atoms with van der Waals surface area (Å²) >= 11 is 13.8. The summed E-state index contributed by atoms with van der Waals surface area (Å²) in [5.41, 5.74) is -0.266. The van der Waals surface area contributed by atoms with E-state index in [0.29, 0.717) is 31.9 Å². The van der Waals surface area contributed by atoms with Crippen molar-refractivity contribution in [2.45, 2.75) is 28.9 Å². The van der Waals surface area contributed by atoms with Crippen LogP contribution in [0.2, 0.25) is 10.0 Å². The lowest BCUT2D eigenvalue weighted by atomic mass is 9.83. The van der Waals surface area contributed by atoms with Gasteiger partial charge < -0.3 is 10.1 Å². The Morgan fingerprint density at radius 2 is 1.71 bits per heavy atom. The number of carbonyl (C=O) groups excluding carboxylic acids is 3. The average Bonchev–Trinajstić information content (AvgIpc) is 3.44. The molecule has 0 aliphatic carbocycles. The van der Waals surface area contributed by atoms with Gasteiger partial charge in [0, 0.05) is 16.5 Å². The Bertz CT molecular complexity index is 1910. The predicted octanol–water partition coefficient (Wildman–Crippen LogP) is 6.68. The van der Waals surface area contributed by atoms with Crippen molar-refractivity contribution in [3.05, 3.63) is 102 Å². The van der Waals surface area contributed by atoms with Gasteiger partial charge in [-0.3, -0.25) is 23.7 Å². The number of nitrogens with one attached hydrogen (secondary N) is 1. The number of thiazole rings is 1. The van der Waals surface area contributed by atoms with Crippen LogP contribution in [-0.2, 0) is 27.1 Å². The van der Waals surface area contributed by atoms with Crippen molar-refractivity contribution < 1.29 is 32.3 Å². The van der Waals surface area contributed by atoms with Crippen LogP contribution in [0.15, 0.2) is 76.6 Å². The quantitative estimate of drug-likeness (QED) is 0.227. The van der Waals surface area contributed by atoms with Crippen molar-refractivity contribution in [3.8, 4) is 5.75 Å². The number of hydrogen-bond acceptors (Lipinski definition) is 7. The van der Waals surface area contributed by atoms with Crippen LogP contribution in [0.4, 0.5) is 24.5 Å². The second-order valence-corrected chi connectivity index (χ2v) is 13.1. The molecule has 4 aromatic rings. The van der Waals surface area contributed by atoms with Gasteiger partial charge in [0.2, 0.25) is 17.7 Å². The lowest BCUT2D eigenvalue weighted by molar-refractivity contribution is -0.137. The van der Waals surface area contributed by atoms with Gasteiger partial charge in [-0.1, -0.05) is 64.5 Å². The maximum Gasteiger partial charge on any atom is 0.416 e. The molecule has 2 unspecified atom stereocenters. The standard InChI is InChI=1S/C30H20Cl2F3N3O5S2/c1-43-18-8-5-14(6-9-18)22-23-24(27(41)38(26(23)40)17-4-2-3-15(11-17)30(33,34)35)44-28-25(22)45-29(42)37(28)13-21(39)36-16-7-10-19(31)20(32)12-16/h2-12,22-24H,13H2,1H3,(H,36,39)/t22-,23?,24?/m1/s1. The van der Waals surface area contributed by atoms with Crippen molar-refractivity contribution in [2.24, 2.45) is 5.92 Å². The molecule has 1 saturated heterocycles. The van der Waals surface area contributed by atoms with Gasteiger partial charge in [0.25, 0.3) is 0 Å². The summed E-state index contributed by atoms with van der Waals surface area (Å²) in [4.78, 5) is 54.9. The van der Waals surface area contributed by atoms with E-state index >= 15 is 0 Å². The molecule has 2 aliphatic heterocycles. The third-order valence-electron chi connectivity index (χ3n) is 7.46. The minimum atomic E-state index is -4.69. The van der Waals surface area contributed by atoms with Crippen LogP contribution in [0.3, 0.4) is 0 Å². The van der Waals surface area contributed by atoms with E-state index in [0.717, 1.165) is 46.2 Å². The molecule has 0 spiro atoms. The Morgan fingerprint density at radius 1 is 0.978 bits per heavy atom. The molecule has 3 amide bonds. The van der Waals surface area contributed by atoms with E-state index in [-0.39, 0.29) is 10.7 Å². The fourth-order valence-corrected chi connectivity index (χ4v) is 8.49. The van der Waals surface area contributed by atoms with E-state index in [9.17, 15) is 32.3 Å². The molecule has 0 saturated carbocycles. The smallest absolute Gasteiger partial charge is 0.416 e. The number of alkyl halides is 3. The van der Waals surface area contributed by atoms with E-state index in [1.54, 1.807) is 30.3 Å². The number of carbonyl (C=O) groups is 3. The summed E-state index contributed by atoms with van der Waals surface area (Å²) in [6.07, 6.45) is -4.69. The fourth-order valence-electron chi connectivity index (χ4n) is 5.42. The molecule has 8 nitrogen and oxygen atoms in total. The van der Waals surface area contributed by atoms with E-state index in [1.165, 1.54) is 29.9 Å². The van der Waals surface area contributed by atoms with Crippen LogP contribution >= 0.6 is 46.3 Å². The van der Waals surface area contributed by atoms with Crippen molar-refractivity contribution in [3.63, 3.8) is 0 Å². The summed E-state index contributed by atoms with van der Waals surface area (Å²) in [5.74, 6) is -3.27. The number of nitrogens with zero attached hydrogens (tertiary/aromatic N) is 2. The van der Waals surface area contributed by atoms with E-state index < -0.39 is 58.0 Å². The number of imide groups is 1. The van der Waals surface area contributed by atoms with Gasteiger partial charge in [-0.2, -0.15) is 13.2 Å². The van der Waals surface area contributed by atoms with E-state index in [4.69, 9.17) is 27.9 Å². The molecule has 0 radical (unpaired) electrons. The van der Waals surface area contributed by atoms with Gasteiger partial charge >= 0.3 is 11.0 Å². The molecule has 1 N–H and O–H groups in total. The van der Waals surface area contributed by atoms with Gasteiger partial charge in [-0.25, -0.2) is 4.90 Å². The molecule has 45 heavy (non-hydrogen) atoms. The zero-order chi connectivity index (χ0) is 32.2. The zero-order valence-corrected chi connectivity index (χ0v) is 26.1. The Morgan fingerprint density at radius 3 is 2.38 bits per heavy atom. The van der Waals surface area contributed by atoms with Gasteiger partial charge in [-0.15, -0.1) is 0 Å². The van der Waals surface area contributed by atoms with Crippen molar-refractivity contribution in [2.75, 3.05) is 17.3 Å². The lowest BCUT2D eigenvalue weighted by Gasteiger charge is -2.30. The number of fused-ring (bicyclic) bond motifs is 2. The first-order valence-electron chi connectivity index (χ1n) is 13.2. The molecule has 6 rings (SSSR count). The summed E-state index contributed by atoms with van der Waals surface area (Å²) in [6.45, 7) is -0.413. The third kappa shape index (κ3) is 5.73. The molecule has 1 aromatic heterocycles. The molecule has 0 bridgehead atoms. The predicted molar refractivity (Wildman–Crippen MR) is 166 cm³/mol. The summed E-state index contributed by atoms with van der Waals surface area (Å²) in [5, 5.41) is 2.42. The number of hydrogen-bond donors (Lipinski definition) is 1. The first-order valence-corrected chi connectivity index (χ1v) is 15.7. The Kier molecular flexibility index (Phi) is 8.23. The van der Waals surface area contributed by atoms with Gasteiger partial charge in [0.1, 0.15) is 17.5 Å². The number of benzene rings is 3. The van der Waals surface area contributed by atoms with Crippen molar-refractivity contribution in [1.29, 1.82) is 0 Å².